The second kappa shape index (κ2) is 8.29. The van der Waals surface area contributed by atoms with E-state index in [4.69, 9.17) is 33.3 Å². The number of halogens is 2. The summed E-state index contributed by atoms with van der Waals surface area (Å²) >= 11 is 14.5. The SMILES string of the molecule is COc1cc(C=C2NC(=S)N(C)C2=O)cc(Br)c1OCc1ccc(Cl)cc1. The number of amides is 1. The van der Waals surface area contributed by atoms with E-state index in [1.165, 1.54) is 4.90 Å². The monoisotopic (exact) mass is 466 g/mol. The normalized spacial score (nSPS) is 15.3. The van der Waals surface area contributed by atoms with E-state index in [1.807, 2.05) is 30.3 Å². The van der Waals surface area contributed by atoms with Crippen molar-refractivity contribution in [2.45, 2.75) is 6.61 Å². The first-order valence-electron chi connectivity index (χ1n) is 7.94. The number of ether oxygens (including phenoxy) is 2. The number of rotatable bonds is 5. The summed E-state index contributed by atoms with van der Waals surface area (Å²) in [5, 5.41) is 3.95. The van der Waals surface area contributed by atoms with Gasteiger partial charge in [0, 0.05) is 12.1 Å². The maximum atomic E-state index is 12.1. The Balaban J connectivity index is 1.84. The van der Waals surface area contributed by atoms with Crippen LogP contribution >= 0.6 is 39.7 Å². The summed E-state index contributed by atoms with van der Waals surface area (Å²) in [7, 11) is 3.19. The standard InChI is InChI=1S/C19H16BrClN2O3S/c1-23-18(24)15(22-19(23)27)8-12-7-14(20)17(16(9-12)25-2)26-10-11-3-5-13(21)6-4-11/h3-9H,10H2,1-2H3,(H,22,27). The topological polar surface area (TPSA) is 50.8 Å². The van der Waals surface area contributed by atoms with E-state index in [1.54, 1.807) is 26.3 Å². The van der Waals surface area contributed by atoms with Gasteiger partial charge in [-0.25, -0.2) is 0 Å². The Bertz CT molecular complexity index is 931. The zero-order chi connectivity index (χ0) is 19.6. The van der Waals surface area contributed by atoms with E-state index < -0.39 is 0 Å². The molecule has 0 atom stereocenters. The fourth-order valence-corrected chi connectivity index (χ4v) is 3.38. The fraction of sp³-hybridized carbons (Fsp3) is 0.158. The highest BCUT2D eigenvalue weighted by molar-refractivity contribution is 9.10. The Morgan fingerprint density at radius 2 is 2.00 bits per heavy atom. The molecule has 1 fully saturated rings. The molecule has 1 aliphatic heterocycles. The molecular weight excluding hydrogens is 452 g/mol. The molecule has 0 saturated carbocycles. The summed E-state index contributed by atoms with van der Waals surface area (Å²) < 4.78 is 12.1. The van der Waals surface area contributed by atoms with Crippen LogP contribution in [0.3, 0.4) is 0 Å². The third-order valence-electron chi connectivity index (χ3n) is 3.94. The second-order valence-electron chi connectivity index (χ2n) is 5.80. The first kappa shape index (κ1) is 19.7. The van der Waals surface area contributed by atoms with Crippen molar-refractivity contribution < 1.29 is 14.3 Å². The molecule has 1 aliphatic rings. The van der Waals surface area contributed by atoms with Crippen LogP contribution in [0.15, 0.2) is 46.6 Å². The van der Waals surface area contributed by atoms with E-state index in [0.717, 1.165) is 11.1 Å². The van der Waals surface area contributed by atoms with Crippen molar-refractivity contribution in [3.63, 3.8) is 0 Å². The van der Waals surface area contributed by atoms with Gasteiger partial charge < -0.3 is 14.8 Å². The zero-order valence-corrected chi connectivity index (χ0v) is 17.7. The molecule has 0 unspecified atom stereocenters. The quantitative estimate of drug-likeness (QED) is 0.522. The van der Waals surface area contributed by atoms with Gasteiger partial charge in [-0.15, -0.1) is 0 Å². The van der Waals surface area contributed by atoms with Crippen molar-refractivity contribution in [1.29, 1.82) is 0 Å². The highest BCUT2D eigenvalue weighted by Crippen LogP contribution is 2.38. The number of nitrogens with one attached hydrogen (secondary N) is 1. The Kier molecular flexibility index (Phi) is 6.04. The Morgan fingerprint density at radius 3 is 2.59 bits per heavy atom. The molecular formula is C19H16BrClN2O3S. The van der Waals surface area contributed by atoms with Gasteiger partial charge >= 0.3 is 0 Å². The van der Waals surface area contributed by atoms with Crippen LogP contribution in [0.5, 0.6) is 11.5 Å². The van der Waals surface area contributed by atoms with E-state index >= 15 is 0 Å². The number of methoxy groups -OCH3 is 1. The molecule has 0 spiro atoms. The van der Waals surface area contributed by atoms with Crippen LogP contribution in [0, 0.1) is 0 Å². The number of hydrogen-bond acceptors (Lipinski definition) is 4. The lowest BCUT2D eigenvalue weighted by Gasteiger charge is -2.14. The Hall–Kier alpha value is -2.09. The third kappa shape index (κ3) is 4.43. The van der Waals surface area contributed by atoms with E-state index in [0.29, 0.717) is 38.4 Å². The number of carbonyl (C=O) groups is 1. The number of likely N-dealkylation sites (N-methyl/N-ethyl adjacent to an activating group) is 1. The minimum Gasteiger partial charge on any atom is -0.493 e. The smallest absolute Gasteiger partial charge is 0.276 e. The predicted molar refractivity (Wildman–Crippen MR) is 113 cm³/mol. The lowest BCUT2D eigenvalue weighted by molar-refractivity contribution is -0.121. The van der Waals surface area contributed by atoms with Crippen LogP contribution < -0.4 is 14.8 Å². The van der Waals surface area contributed by atoms with Crippen LogP contribution in [-0.4, -0.2) is 30.1 Å². The molecule has 0 aliphatic carbocycles. The molecule has 140 valence electrons. The molecule has 2 aromatic carbocycles. The molecule has 1 N–H and O–H groups in total. The van der Waals surface area contributed by atoms with Crippen molar-refractivity contribution in [3.8, 4) is 11.5 Å². The molecule has 27 heavy (non-hydrogen) atoms. The minimum absolute atomic E-state index is 0.182. The zero-order valence-electron chi connectivity index (χ0n) is 14.6. The summed E-state index contributed by atoms with van der Waals surface area (Å²) in [6, 6.07) is 11.1. The summed E-state index contributed by atoms with van der Waals surface area (Å²) in [6.07, 6.45) is 1.72. The second-order valence-corrected chi connectivity index (χ2v) is 7.48. The van der Waals surface area contributed by atoms with Gasteiger partial charge in [0.05, 0.1) is 11.6 Å². The van der Waals surface area contributed by atoms with Crippen molar-refractivity contribution in [2.24, 2.45) is 0 Å². The van der Waals surface area contributed by atoms with Gasteiger partial charge in [0.2, 0.25) is 0 Å². The first-order valence-corrected chi connectivity index (χ1v) is 9.52. The van der Waals surface area contributed by atoms with Crippen molar-refractivity contribution in [1.82, 2.24) is 10.2 Å². The van der Waals surface area contributed by atoms with Crippen molar-refractivity contribution >= 4 is 56.8 Å². The van der Waals surface area contributed by atoms with E-state index in [-0.39, 0.29) is 5.91 Å². The molecule has 5 nitrogen and oxygen atoms in total. The van der Waals surface area contributed by atoms with Crippen LogP contribution in [0.1, 0.15) is 11.1 Å². The number of carbonyl (C=O) groups excluding carboxylic acids is 1. The average Bonchev–Trinajstić information content (AvgIpc) is 2.88. The molecule has 8 heteroatoms. The highest BCUT2D eigenvalue weighted by Gasteiger charge is 2.27. The molecule has 1 saturated heterocycles. The van der Waals surface area contributed by atoms with Gasteiger partial charge in [-0.2, -0.15) is 0 Å². The minimum atomic E-state index is -0.182. The number of benzene rings is 2. The lowest BCUT2D eigenvalue weighted by atomic mass is 10.1. The van der Waals surface area contributed by atoms with Crippen molar-refractivity contribution in [3.05, 3.63) is 62.7 Å². The van der Waals surface area contributed by atoms with Gasteiger partial charge in [-0.1, -0.05) is 23.7 Å². The molecule has 1 heterocycles. The maximum absolute atomic E-state index is 12.1. The van der Waals surface area contributed by atoms with Crippen molar-refractivity contribution in [2.75, 3.05) is 14.2 Å². The van der Waals surface area contributed by atoms with E-state index in [2.05, 4.69) is 21.2 Å². The predicted octanol–water partition coefficient (Wildman–Crippen LogP) is 4.38. The van der Waals surface area contributed by atoms with Gasteiger partial charge in [0.1, 0.15) is 12.3 Å². The maximum Gasteiger partial charge on any atom is 0.276 e. The molecule has 1 amide bonds. The molecule has 0 aromatic heterocycles. The van der Waals surface area contributed by atoms with Gasteiger partial charge in [0.25, 0.3) is 5.91 Å². The number of thiocarbonyl (C=S) groups is 1. The van der Waals surface area contributed by atoms with Gasteiger partial charge in [-0.05, 0) is 69.6 Å². The highest BCUT2D eigenvalue weighted by atomic mass is 79.9. The van der Waals surface area contributed by atoms with Crippen LogP contribution in [-0.2, 0) is 11.4 Å². The Labute approximate surface area is 176 Å². The van der Waals surface area contributed by atoms with Crippen LogP contribution in [0.25, 0.3) is 6.08 Å². The summed E-state index contributed by atoms with van der Waals surface area (Å²) in [5.74, 6) is 0.942. The van der Waals surface area contributed by atoms with E-state index in [9.17, 15) is 4.79 Å². The van der Waals surface area contributed by atoms with Crippen LogP contribution in [0.2, 0.25) is 5.02 Å². The largest absolute Gasteiger partial charge is 0.493 e. The lowest BCUT2D eigenvalue weighted by Crippen LogP contribution is -2.25. The first-order chi connectivity index (χ1) is 12.9. The van der Waals surface area contributed by atoms with Gasteiger partial charge in [0.15, 0.2) is 16.6 Å². The molecule has 0 radical (unpaired) electrons. The average molecular weight is 468 g/mol. The third-order valence-corrected chi connectivity index (χ3v) is 5.16. The summed E-state index contributed by atoms with van der Waals surface area (Å²) in [4.78, 5) is 13.5. The number of hydrogen-bond donors (Lipinski definition) is 1. The molecule has 3 rings (SSSR count). The number of nitrogens with zero attached hydrogens (tertiary/aromatic N) is 1. The fourth-order valence-electron chi connectivity index (χ4n) is 2.49. The Morgan fingerprint density at radius 1 is 1.30 bits per heavy atom. The summed E-state index contributed by atoms with van der Waals surface area (Å²) in [5.41, 5.74) is 2.16. The molecule has 0 bridgehead atoms. The molecule has 2 aromatic rings. The van der Waals surface area contributed by atoms with Crippen LogP contribution in [0.4, 0.5) is 0 Å². The van der Waals surface area contributed by atoms with Gasteiger partial charge in [-0.3, -0.25) is 9.69 Å². The summed E-state index contributed by atoms with van der Waals surface area (Å²) in [6.45, 7) is 0.367.